The van der Waals surface area contributed by atoms with Crippen LogP contribution in [0.25, 0.3) is 33.5 Å². The lowest BCUT2D eigenvalue weighted by atomic mass is 10.1. The molecule has 0 radical (unpaired) electrons. The van der Waals surface area contributed by atoms with Crippen LogP contribution in [0.2, 0.25) is 0 Å². The van der Waals surface area contributed by atoms with E-state index < -0.39 is 5.66 Å². The highest BCUT2D eigenvalue weighted by Crippen LogP contribution is 2.28. The zero-order valence-electron chi connectivity index (χ0n) is 15.0. The van der Waals surface area contributed by atoms with Gasteiger partial charge in [0.1, 0.15) is 22.7 Å². The summed E-state index contributed by atoms with van der Waals surface area (Å²) in [7, 11) is 1.73. The minimum Gasteiger partial charge on any atom is -0.344 e. The van der Waals surface area contributed by atoms with Crippen molar-refractivity contribution >= 4 is 28.0 Å². The molecule has 4 N–H and O–H groups in total. The van der Waals surface area contributed by atoms with E-state index in [0.29, 0.717) is 33.6 Å². The van der Waals surface area contributed by atoms with Crippen LogP contribution in [0.5, 0.6) is 0 Å². The van der Waals surface area contributed by atoms with Gasteiger partial charge in [0.25, 0.3) is 5.91 Å². The maximum absolute atomic E-state index is 13.5. The van der Waals surface area contributed by atoms with Crippen molar-refractivity contribution < 1.29 is 9.18 Å². The largest absolute Gasteiger partial charge is 0.344 e. The van der Waals surface area contributed by atoms with Crippen LogP contribution in [-0.4, -0.2) is 36.3 Å². The van der Waals surface area contributed by atoms with Gasteiger partial charge in [-0.05, 0) is 32.0 Å². The molecule has 0 aliphatic heterocycles. The summed E-state index contributed by atoms with van der Waals surface area (Å²) >= 11 is 0. The number of hydrogen-bond acceptors (Lipinski definition) is 5. The monoisotopic (exact) mass is 367 g/mol. The fourth-order valence-corrected chi connectivity index (χ4v) is 2.96. The summed E-state index contributed by atoms with van der Waals surface area (Å²) in [6.45, 7) is 3.38. The van der Waals surface area contributed by atoms with E-state index in [4.69, 9.17) is 5.73 Å². The van der Waals surface area contributed by atoms with E-state index in [-0.39, 0.29) is 11.7 Å². The number of H-pyrrole nitrogens is 1. The van der Waals surface area contributed by atoms with Gasteiger partial charge < -0.3 is 16.0 Å². The van der Waals surface area contributed by atoms with E-state index in [1.54, 1.807) is 44.0 Å². The number of aromatic amines is 1. The van der Waals surface area contributed by atoms with Crippen molar-refractivity contribution in [3.05, 3.63) is 42.0 Å². The van der Waals surface area contributed by atoms with Gasteiger partial charge in [-0.15, -0.1) is 0 Å². The molecular formula is C18H18FN7O. The Balaban J connectivity index is 1.85. The lowest BCUT2D eigenvalue weighted by Gasteiger charge is -2.19. The van der Waals surface area contributed by atoms with Crippen molar-refractivity contribution in [3.8, 4) is 11.4 Å². The van der Waals surface area contributed by atoms with Crippen molar-refractivity contribution in [2.45, 2.75) is 19.5 Å². The van der Waals surface area contributed by atoms with Crippen molar-refractivity contribution in [2.75, 3.05) is 0 Å². The second-order valence-electron chi connectivity index (χ2n) is 6.96. The Hall–Kier alpha value is -3.33. The molecule has 0 bridgehead atoms. The Morgan fingerprint density at radius 1 is 1.37 bits per heavy atom. The summed E-state index contributed by atoms with van der Waals surface area (Å²) in [5.74, 6) is -0.694. The summed E-state index contributed by atoms with van der Waals surface area (Å²) in [6.07, 6.45) is 3.11. The lowest BCUT2D eigenvalue weighted by molar-refractivity contribution is 0.0917. The third-order valence-corrected chi connectivity index (χ3v) is 4.12. The molecule has 0 fully saturated rings. The fourth-order valence-electron chi connectivity index (χ4n) is 2.96. The lowest BCUT2D eigenvalue weighted by Crippen LogP contribution is -2.50. The number of nitrogens with one attached hydrogen (secondary N) is 2. The van der Waals surface area contributed by atoms with E-state index in [2.05, 4.69) is 25.4 Å². The minimum absolute atomic E-state index is 0.337. The SMILES string of the molecule is Cn1nc(-c2cnc3[nH]cc(C(=O)NC(C)(C)N)c3n2)c2ccc(F)cc21. The number of halogens is 1. The van der Waals surface area contributed by atoms with E-state index in [0.717, 1.165) is 5.39 Å². The molecule has 8 nitrogen and oxygen atoms in total. The number of amides is 1. The number of rotatable bonds is 3. The van der Waals surface area contributed by atoms with Crippen LogP contribution in [0.3, 0.4) is 0 Å². The van der Waals surface area contributed by atoms with Crippen LogP contribution in [0.15, 0.2) is 30.6 Å². The summed E-state index contributed by atoms with van der Waals surface area (Å²) in [6, 6.07) is 4.44. The molecular weight excluding hydrogens is 349 g/mol. The molecule has 0 aliphatic carbocycles. The first-order valence-electron chi connectivity index (χ1n) is 8.31. The normalized spacial score (nSPS) is 12.0. The van der Waals surface area contributed by atoms with Crippen molar-refractivity contribution in [2.24, 2.45) is 12.8 Å². The summed E-state index contributed by atoms with van der Waals surface area (Å²) in [5.41, 5.74) is 7.91. The molecule has 3 aromatic heterocycles. The van der Waals surface area contributed by atoms with Crippen molar-refractivity contribution in [1.82, 2.24) is 30.0 Å². The van der Waals surface area contributed by atoms with Gasteiger partial charge in [0.05, 0.1) is 22.9 Å². The molecule has 27 heavy (non-hydrogen) atoms. The number of carbonyl (C=O) groups excluding carboxylic acids is 1. The molecule has 0 saturated carbocycles. The number of nitrogens with two attached hydrogens (primary N) is 1. The number of fused-ring (bicyclic) bond motifs is 2. The van der Waals surface area contributed by atoms with Gasteiger partial charge in [-0.25, -0.2) is 14.4 Å². The molecule has 4 aromatic rings. The molecule has 0 atom stereocenters. The fraction of sp³-hybridized carbons (Fsp3) is 0.222. The first-order valence-corrected chi connectivity index (χ1v) is 8.31. The van der Waals surface area contributed by atoms with Gasteiger partial charge in [0.2, 0.25) is 0 Å². The quantitative estimate of drug-likeness (QED) is 0.480. The number of aryl methyl sites for hydroxylation is 1. The zero-order valence-corrected chi connectivity index (χ0v) is 15.0. The van der Waals surface area contributed by atoms with Gasteiger partial charge in [-0.2, -0.15) is 5.10 Å². The van der Waals surface area contributed by atoms with Crippen LogP contribution >= 0.6 is 0 Å². The highest BCUT2D eigenvalue weighted by atomic mass is 19.1. The second-order valence-corrected chi connectivity index (χ2v) is 6.96. The number of nitrogens with zero attached hydrogens (tertiary/aromatic N) is 4. The highest BCUT2D eigenvalue weighted by Gasteiger charge is 2.21. The Morgan fingerprint density at radius 2 is 2.15 bits per heavy atom. The summed E-state index contributed by atoms with van der Waals surface area (Å²) < 4.78 is 15.1. The van der Waals surface area contributed by atoms with Crippen molar-refractivity contribution in [3.63, 3.8) is 0 Å². The molecule has 138 valence electrons. The van der Waals surface area contributed by atoms with E-state index in [1.165, 1.54) is 12.1 Å². The molecule has 0 unspecified atom stereocenters. The van der Waals surface area contributed by atoms with Crippen LogP contribution in [-0.2, 0) is 7.05 Å². The second kappa shape index (κ2) is 5.85. The smallest absolute Gasteiger partial charge is 0.256 e. The number of carbonyl (C=O) groups is 1. The number of benzene rings is 1. The molecule has 3 heterocycles. The van der Waals surface area contributed by atoms with Crippen LogP contribution in [0.4, 0.5) is 4.39 Å². The Bertz CT molecular complexity index is 1190. The van der Waals surface area contributed by atoms with Crippen molar-refractivity contribution in [1.29, 1.82) is 0 Å². The highest BCUT2D eigenvalue weighted by molar-refractivity contribution is 6.05. The topological polar surface area (TPSA) is 115 Å². The summed E-state index contributed by atoms with van der Waals surface area (Å²) in [4.78, 5) is 24.3. The van der Waals surface area contributed by atoms with E-state index in [1.807, 2.05) is 0 Å². The average Bonchev–Trinajstić information content (AvgIpc) is 3.14. The Morgan fingerprint density at radius 3 is 2.89 bits per heavy atom. The van der Waals surface area contributed by atoms with Gasteiger partial charge in [-0.1, -0.05) is 0 Å². The first kappa shape index (κ1) is 17.1. The van der Waals surface area contributed by atoms with Gasteiger partial charge in [-0.3, -0.25) is 9.48 Å². The maximum Gasteiger partial charge on any atom is 0.256 e. The average molecular weight is 367 g/mol. The molecule has 1 aromatic carbocycles. The summed E-state index contributed by atoms with van der Waals surface area (Å²) in [5, 5.41) is 7.89. The third kappa shape index (κ3) is 3.02. The molecule has 0 saturated heterocycles. The Kier molecular flexibility index (Phi) is 3.70. The van der Waals surface area contributed by atoms with Crippen LogP contribution in [0, 0.1) is 5.82 Å². The minimum atomic E-state index is -0.868. The van der Waals surface area contributed by atoms with Crippen LogP contribution in [0.1, 0.15) is 24.2 Å². The molecule has 9 heteroatoms. The number of aromatic nitrogens is 5. The predicted molar refractivity (Wildman–Crippen MR) is 99.3 cm³/mol. The molecule has 0 spiro atoms. The van der Waals surface area contributed by atoms with E-state index in [9.17, 15) is 9.18 Å². The third-order valence-electron chi connectivity index (χ3n) is 4.12. The van der Waals surface area contributed by atoms with Gasteiger partial charge in [0, 0.05) is 18.6 Å². The molecule has 4 rings (SSSR count). The predicted octanol–water partition coefficient (Wildman–Crippen LogP) is 2.08. The standard InChI is InChI=1S/C18H18FN7O/c1-18(2,20)24-17(27)11-7-21-16-15(11)23-12(8-22-16)14-10-5-4-9(19)6-13(10)26(3)25-14/h4-8H,20H2,1-3H3,(H,21,22)(H,24,27). The van der Waals surface area contributed by atoms with Crippen LogP contribution < -0.4 is 11.1 Å². The Labute approximate surface area is 153 Å². The van der Waals surface area contributed by atoms with Gasteiger partial charge in [0.15, 0.2) is 5.65 Å². The molecule has 1 amide bonds. The first-order chi connectivity index (χ1) is 12.7. The zero-order chi connectivity index (χ0) is 19.3. The molecule has 0 aliphatic rings. The van der Waals surface area contributed by atoms with E-state index >= 15 is 0 Å². The maximum atomic E-state index is 13.5. The van der Waals surface area contributed by atoms with Gasteiger partial charge >= 0.3 is 0 Å². The number of hydrogen-bond donors (Lipinski definition) is 3.